The van der Waals surface area contributed by atoms with E-state index in [4.69, 9.17) is 5.73 Å². The Labute approximate surface area is 104 Å². The molecule has 2 aliphatic carbocycles. The molecule has 92 valence electrons. The Bertz CT molecular complexity index is 362. The second-order valence-electron chi connectivity index (χ2n) is 5.91. The van der Waals surface area contributed by atoms with Crippen molar-refractivity contribution in [3.63, 3.8) is 0 Å². The molecule has 0 spiro atoms. The van der Waals surface area contributed by atoms with Gasteiger partial charge >= 0.3 is 0 Å². The van der Waals surface area contributed by atoms with Gasteiger partial charge in [-0.2, -0.15) is 0 Å². The van der Waals surface area contributed by atoms with Crippen molar-refractivity contribution >= 4 is 0 Å². The molecule has 1 nitrogen and oxygen atoms in total. The first-order chi connectivity index (χ1) is 8.32. The summed E-state index contributed by atoms with van der Waals surface area (Å²) in [6.45, 7) is 0. The van der Waals surface area contributed by atoms with Crippen molar-refractivity contribution in [1.29, 1.82) is 0 Å². The normalized spacial score (nSPS) is 25.5. The summed E-state index contributed by atoms with van der Waals surface area (Å²) in [5.41, 5.74) is 8.28. The third-order valence-electron chi connectivity index (χ3n) is 5.09. The molecule has 17 heavy (non-hydrogen) atoms. The lowest BCUT2D eigenvalue weighted by molar-refractivity contribution is 0.104. The van der Waals surface area contributed by atoms with E-state index < -0.39 is 0 Å². The Hall–Kier alpha value is -0.820. The first-order valence-electron chi connectivity index (χ1n) is 7.16. The molecule has 0 heterocycles. The third kappa shape index (κ3) is 1.81. The molecule has 0 aromatic heterocycles. The van der Waals surface area contributed by atoms with Crippen molar-refractivity contribution in [2.45, 2.75) is 50.5 Å². The third-order valence-corrected chi connectivity index (χ3v) is 5.09. The highest BCUT2D eigenvalue weighted by Gasteiger charge is 2.46. The molecule has 1 aromatic rings. The smallest absolute Gasteiger partial charge is 0.0466 e. The van der Waals surface area contributed by atoms with Crippen LogP contribution in [0.2, 0.25) is 0 Å². The molecule has 1 atom stereocenters. The van der Waals surface area contributed by atoms with Crippen LogP contribution in [0.1, 0.15) is 50.5 Å². The minimum Gasteiger partial charge on any atom is -0.321 e. The van der Waals surface area contributed by atoms with Gasteiger partial charge in [-0.25, -0.2) is 0 Å². The van der Waals surface area contributed by atoms with Gasteiger partial charge in [0.2, 0.25) is 0 Å². The van der Waals surface area contributed by atoms with Gasteiger partial charge in [-0.05, 0) is 43.1 Å². The summed E-state index contributed by atoms with van der Waals surface area (Å²) >= 11 is 0. The van der Waals surface area contributed by atoms with E-state index in [2.05, 4.69) is 30.3 Å². The van der Waals surface area contributed by atoms with Gasteiger partial charge in [0.1, 0.15) is 0 Å². The molecular weight excluding hydrogens is 206 g/mol. The lowest BCUT2D eigenvalue weighted by Crippen LogP contribution is -2.52. The van der Waals surface area contributed by atoms with Crippen molar-refractivity contribution in [3.05, 3.63) is 35.9 Å². The molecule has 0 amide bonds. The largest absolute Gasteiger partial charge is 0.321 e. The number of hydrogen-bond donors (Lipinski definition) is 1. The topological polar surface area (TPSA) is 26.0 Å². The quantitative estimate of drug-likeness (QED) is 0.837. The second-order valence-corrected chi connectivity index (χ2v) is 5.91. The Morgan fingerprint density at radius 3 is 1.82 bits per heavy atom. The monoisotopic (exact) mass is 229 g/mol. The van der Waals surface area contributed by atoms with E-state index in [1.165, 1.54) is 50.5 Å². The summed E-state index contributed by atoms with van der Waals surface area (Å²) < 4.78 is 0. The predicted molar refractivity (Wildman–Crippen MR) is 71.6 cm³/mol. The lowest BCUT2D eigenvalue weighted by atomic mass is 9.62. The lowest BCUT2D eigenvalue weighted by Gasteiger charge is -2.47. The van der Waals surface area contributed by atoms with Crippen LogP contribution in [0, 0.1) is 11.8 Å². The molecular formula is C16H23N. The SMILES string of the molecule is NC(c1ccccc1)(C1CCCC1)C1CCC1. The number of rotatable bonds is 3. The average molecular weight is 229 g/mol. The highest BCUT2D eigenvalue weighted by molar-refractivity contribution is 5.27. The molecule has 1 aromatic carbocycles. The van der Waals surface area contributed by atoms with Gasteiger partial charge in [-0.3, -0.25) is 0 Å². The summed E-state index contributed by atoms with van der Waals surface area (Å²) in [7, 11) is 0. The Morgan fingerprint density at radius 2 is 1.35 bits per heavy atom. The van der Waals surface area contributed by atoms with Gasteiger partial charge in [0.25, 0.3) is 0 Å². The molecule has 0 bridgehead atoms. The minimum atomic E-state index is -0.0317. The van der Waals surface area contributed by atoms with Gasteiger partial charge in [0.05, 0.1) is 0 Å². The number of nitrogens with two attached hydrogens (primary N) is 1. The molecule has 3 rings (SSSR count). The highest BCUT2D eigenvalue weighted by atomic mass is 14.8. The van der Waals surface area contributed by atoms with Crippen molar-refractivity contribution in [1.82, 2.24) is 0 Å². The van der Waals surface area contributed by atoms with Gasteiger partial charge in [-0.15, -0.1) is 0 Å². The Kier molecular flexibility index (Phi) is 2.96. The zero-order valence-electron chi connectivity index (χ0n) is 10.6. The summed E-state index contributed by atoms with van der Waals surface area (Å²) in [4.78, 5) is 0. The maximum Gasteiger partial charge on any atom is 0.0466 e. The fourth-order valence-electron chi connectivity index (χ4n) is 3.82. The van der Waals surface area contributed by atoms with Crippen LogP contribution < -0.4 is 5.73 Å². The maximum absolute atomic E-state index is 6.93. The van der Waals surface area contributed by atoms with Crippen LogP contribution in [0.25, 0.3) is 0 Å². The van der Waals surface area contributed by atoms with Crippen molar-refractivity contribution in [2.24, 2.45) is 17.6 Å². The predicted octanol–water partition coefficient (Wildman–Crippen LogP) is 3.83. The summed E-state index contributed by atoms with van der Waals surface area (Å²) in [5, 5.41) is 0. The zero-order valence-corrected chi connectivity index (χ0v) is 10.6. The van der Waals surface area contributed by atoms with Crippen LogP contribution in [-0.2, 0) is 5.54 Å². The maximum atomic E-state index is 6.93. The molecule has 2 saturated carbocycles. The second kappa shape index (κ2) is 4.45. The van der Waals surface area contributed by atoms with E-state index in [-0.39, 0.29) is 5.54 Å². The molecule has 0 aliphatic heterocycles. The number of hydrogen-bond acceptors (Lipinski definition) is 1. The average Bonchev–Trinajstić information content (AvgIpc) is 2.81. The van der Waals surface area contributed by atoms with E-state index in [0.717, 1.165) is 11.8 Å². The van der Waals surface area contributed by atoms with Crippen LogP contribution in [0.3, 0.4) is 0 Å². The van der Waals surface area contributed by atoms with E-state index in [1.54, 1.807) is 0 Å². The Balaban J connectivity index is 1.95. The summed E-state index contributed by atoms with van der Waals surface area (Å²) in [5.74, 6) is 1.45. The first kappa shape index (κ1) is 11.3. The van der Waals surface area contributed by atoms with Crippen LogP contribution in [0.5, 0.6) is 0 Å². The van der Waals surface area contributed by atoms with Crippen LogP contribution in [-0.4, -0.2) is 0 Å². The molecule has 1 unspecified atom stereocenters. The van der Waals surface area contributed by atoms with E-state index in [1.807, 2.05) is 0 Å². The molecule has 0 radical (unpaired) electrons. The Morgan fingerprint density at radius 1 is 0.824 bits per heavy atom. The van der Waals surface area contributed by atoms with Crippen LogP contribution in [0.4, 0.5) is 0 Å². The van der Waals surface area contributed by atoms with Gasteiger partial charge in [0, 0.05) is 5.54 Å². The van der Waals surface area contributed by atoms with E-state index >= 15 is 0 Å². The van der Waals surface area contributed by atoms with Gasteiger partial charge in [-0.1, -0.05) is 49.6 Å². The summed E-state index contributed by atoms with van der Waals surface area (Å²) in [6, 6.07) is 10.9. The van der Waals surface area contributed by atoms with Crippen molar-refractivity contribution in [2.75, 3.05) is 0 Å². The van der Waals surface area contributed by atoms with Gasteiger partial charge in [0.15, 0.2) is 0 Å². The van der Waals surface area contributed by atoms with E-state index in [9.17, 15) is 0 Å². The highest BCUT2D eigenvalue weighted by Crippen LogP contribution is 2.49. The molecule has 1 heteroatoms. The van der Waals surface area contributed by atoms with Crippen LogP contribution >= 0.6 is 0 Å². The minimum absolute atomic E-state index is 0.0317. The molecule has 2 N–H and O–H groups in total. The molecule has 2 fully saturated rings. The van der Waals surface area contributed by atoms with E-state index in [0.29, 0.717) is 0 Å². The zero-order chi connectivity index (χ0) is 11.7. The fraction of sp³-hybridized carbons (Fsp3) is 0.625. The molecule has 0 saturated heterocycles. The fourth-order valence-corrected chi connectivity index (χ4v) is 3.82. The van der Waals surface area contributed by atoms with Crippen molar-refractivity contribution in [3.8, 4) is 0 Å². The van der Waals surface area contributed by atoms with Crippen molar-refractivity contribution < 1.29 is 0 Å². The van der Waals surface area contributed by atoms with Gasteiger partial charge < -0.3 is 5.73 Å². The summed E-state index contributed by atoms with van der Waals surface area (Å²) in [6.07, 6.45) is 9.48. The number of benzene rings is 1. The standard InChI is InChI=1S/C16H23N/c17-16(15-11-6-12-15,14-9-4-5-10-14)13-7-2-1-3-8-13/h1-3,7-8,14-15H,4-6,9-12,17H2. The van der Waals surface area contributed by atoms with Crippen LogP contribution in [0.15, 0.2) is 30.3 Å². The first-order valence-corrected chi connectivity index (χ1v) is 7.16. The molecule has 2 aliphatic rings.